The van der Waals surface area contributed by atoms with Crippen LogP contribution in [0, 0.1) is 11.6 Å². The van der Waals surface area contributed by atoms with E-state index in [0.717, 1.165) is 56.1 Å². The molecule has 0 atom stereocenters. The van der Waals surface area contributed by atoms with E-state index in [9.17, 15) is 13.6 Å². The molecular formula is C36H46F2O3. The van der Waals surface area contributed by atoms with Crippen LogP contribution < -0.4 is 9.47 Å². The number of rotatable bonds is 19. The highest BCUT2D eigenvalue weighted by atomic mass is 19.1. The topological polar surface area (TPSA) is 35.5 Å². The Morgan fingerprint density at radius 1 is 0.610 bits per heavy atom. The minimum atomic E-state index is -0.639. The summed E-state index contributed by atoms with van der Waals surface area (Å²) in [7, 11) is 0. The molecule has 0 amide bonds. The zero-order valence-corrected chi connectivity index (χ0v) is 24.9. The van der Waals surface area contributed by atoms with Crippen LogP contribution >= 0.6 is 0 Å². The second-order valence-corrected chi connectivity index (χ2v) is 10.9. The average Bonchev–Trinajstić information content (AvgIpc) is 2.98. The highest BCUT2D eigenvalue weighted by Gasteiger charge is 2.14. The quantitative estimate of drug-likeness (QED) is 0.0825. The number of halogens is 2. The Labute approximate surface area is 245 Å². The fraction of sp³-hybridized carbons (Fsp3) is 0.472. The van der Waals surface area contributed by atoms with Crippen LogP contribution in [0.5, 0.6) is 11.5 Å². The Bertz CT molecular complexity index is 1190. The molecular weight excluding hydrogens is 518 g/mol. The average molecular weight is 565 g/mol. The molecule has 0 fully saturated rings. The number of hydrogen-bond donors (Lipinski definition) is 0. The Hall–Kier alpha value is -3.21. The van der Waals surface area contributed by atoms with Crippen molar-refractivity contribution in [2.75, 3.05) is 6.61 Å². The first-order valence-electron chi connectivity index (χ1n) is 15.5. The lowest BCUT2D eigenvalue weighted by atomic mass is 10.0. The van der Waals surface area contributed by atoms with E-state index >= 15 is 0 Å². The maximum atomic E-state index is 14.7. The first-order chi connectivity index (χ1) is 20.0. The number of esters is 1. The van der Waals surface area contributed by atoms with E-state index in [4.69, 9.17) is 9.47 Å². The molecule has 0 bridgehead atoms. The third-order valence-corrected chi connectivity index (χ3v) is 7.41. The van der Waals surface area contributed by atoms with Gasteiger partial charge in [0.2, 0.25) is 0 Å². The van der Waals surface area contributed by atoms with Crippen LogP contribution in [0.2, 0.25) is 0 Å². The molecule has 0 radical (unpaired) electrons. The second kappa shape index (κ2) is 18.3. The van der Waals surface area contributed by atoms with Crippen LogP contribution in [-0.4, -0.2) is 12.6 Å². The molecule has 0 saturated heterocycles. The summed E-state index contributed by atoms with van der Waals surface area (Å²) in [5.41, 5.74) is 2.63. The molecule has 41 heavy (non-hydrogen) atoms. The standard InChI is InChI=1S/C36H46F2O3/c1-3-5-7-9-10-11-12-13-14-16-28-17-23-35(32(37)26-28)41-36(39)30-20-18-29(19-21-30)31-22-24-34(33(38)27-31)40-25-15-8-6-4-2/h17-24,26-27H,3-16,25H2,1-2H3. The first kappa shape index (κ1) is 32.3. The van der Waals surface area contributed by atoms with Gasteiger partial charge in [-0.1, -0.05) is 109 Å². The molecule has 0 unspecified atom stereocenters. The smallest absolute Gasteiger partial charge is 0.343 e. The lowest BCUT2D eigenvalue weighted by Gasteiger charge is -2.10. The minimum absolute atomic E-state index is 0.0812. The minimum Gasteiger partial charge on any atom is -0.491 e. The molecule has 0 aromatic heterocycles. The summed E-state index contributed by atoms with van der Waals surface area (Å²) in [6, 6.07) is 16.3. The SMILES string of the molecule is CCCCCCCCCCCc1ccc(OC(=O)c2ccc(-c3ccc(OCCCCCC)c(F)c3)cc2)c(F)c1. The Morgan fingerprint density at radius 2 is 1.17 bits per heavy atom. The number of carbonyl (C=O) groups is 1. The number of benzene rings is 3. The molecule has 0 spiro atoms. The van der Waals surface area contributed by atoms with Crippen molar-refractivity contribution in [1.82, 2.24) is 0 Å². The zero-order valence-electron chi connectivity index (χ0n) is 24.9. The van der Waals surface area contributed by atoms with E-state index in [1.807, 2.05) is 6.07 Å². The van der Waals surface area contributed by atoms with Crippen LogP contribution in [0.15, 0.2) is 60.7 Å². The van der Waals surface area contributed by atoms with Gasteiger partial charge in [-0.2, -0.15) is 0 Å². The van der Waals surface area contributed by atoms with Crippen LogP contribution in [0.3, 0.4) is 0 Å². The van der Waals surface area contributed by atoms with Crippen LogP contribution in [0.1, 0.15) is 113 Å². The highest BCUT2D eigenvalue weighted by molar-refractivity contribution is 5.91. The van der Waals surface area contributed by atoms with Crippen LogP contribution in [0.4, 0.5) is 8.78 Å². The predicted molar refractivity (Wildman–Crippen MR) is 164 cm³/mol. The molecule has 0 aliphatic rings. The fourth-order valence-electron chi connectivity index (χ4n) is 4.89. The van der Waals surface area contributed by atoms with E-state index in [0.29, 0.717) is 17.7 Å². The summed E-state index contributed by atoms with van der Waals surface area (Å²) in [5, 5.41) is 0. The molecule has 0 aliphatic heterocycles. The predicted octanol–water partition coefficient (Wildman–Crippen LogP) is 10.9. The highest BCUT2D eigenvalue weighted by Crippen LogP contribution is 2.27. The zero-order chi connectivity index (χ0) is 29.3. The molecule has 3 aromatic rings. The van der Waals surface area contributed by atoms with Crippen molar-refractivity contribution in [1.29, 1.82) is 0 Å². The monoisotopic (exact) mass is 564 g/mol. The number of unbranched alkanes of at least 4 members (excludes halogenated alkanes) is 11. The van der Waals surface area contributed by atoms with Gasteiger partial charge in [-0.3, -0.25) is 0 Å². The van der Waals surface area contributed by atoms with Gasteiger partial charge < -0.3 is 9.47 Å². The molecule has 0 heterocycles. The molecule has 5 heteroatoms. The van der Waals surface area contributed by atoms with Crippen LogP contribution in [0.25, 0.3) is 11.1 Å². The van der Waals surface area contributed by atoms with Gasteiger partial charge in [0, 0.05) is 0 Å². The summed E-state index contributed by atoms with van der Waals surface area (Å²) >= 11 is 0. The number of carbonyl (C=O) groups excluding carboxylic acids is 1. The van der Waals surface area contributed by atoms with Gasteiger partial charge in [0.05, 0.1) is 12.2 Å². The molecule has 222 valence electrons. The normalized spacial score (nSPS) is 11.0. The second-order valence-electron chi connectivity index (χ2n) is 10.9. The summed E-state index contributed by atoms with van der Waals surface area (Å²) in [4.78, 5) is 12.7. The van der Waals surface area contributed by atoms with Gasteiger partial charge in [-0.25, -0.2) is 13.6 Å². The van der Waals surface area contributed by atoms with Crippen molar-refractivity contribution in [3.05, 3.63) is 83.4 Å². The number of ether oxygens (including phenoxy) is 2. The van der Waals surface area contributed by atoms with Crippen molar-refractivity contribution in [2.45, 2.75) is 104 Å². The van der Waals surface area contributed by atoms with Crippen molar-refractivity contribution in [3.63, 3.8) is 0 Å². The summed E-state index contributed by atoms with van der Waals surface area (Å²) in [6.45, 7) is 4.87. The summed E-state index contributed by atoms with van der Waals surface area (Å²) in [6.07, 6.45) is 16.3. The lowest BCUT2D eigenvalue weighted by Crippen LogP contribution is -2.09. The number of aryl methyl sites for hydroxylation is 1. The molecule has 3 rings (SSSR count). The molecule has 3 nitrogen and oxygen atoms in total. The maximum Gasteiger partial charge on any atom is 0.343 e. The van der Waals surface area contributed by atoms with Gasteiger partial charge in [-0.05, 0) is 72.4 Å². The van der Waals surface area contributed by atoms with Gasteiger partial charge in [-0.15, -0.1) is 0 Å². The Kier molecular flexibility index (Phi) is 14.4. The molecule has 0 N–H and O–H groups in total. The van der Waals surface area contributed by atoms with E-state index in [-0.39, 0.29) is 11.5 Å². The van der Waals surface area contributed by atoms with Crippen molar-refractivity contribution in [3.8, 4) is 22.6 Å². The number of hydrogen-bond acceptors (Lipinski definition) is 3. The van der Waals surface area contributed by atoms with E-state index in [1.54, 1.807) is 36.4 Å². The molecule has 0 saturated carbocycles. The van der Waals surface area contributed by atoms with E-state index in [1.165, 1.54) is 63.1 Å². The van der Waals surface area contributed by atoms with Gasteiger partial charge >= 0.3 is 5.97 Å². The Morgan fingerprint density at radius 3 is 1.80 bits per heavy atom. The van der Waals surface area contributed by atoms with Crippen molar-refractivity contribution >= 4 is 5.97 Å². The van der Waals surface area contributed by atoms with Gasteiger partial charge in [0.1, 0.15) is 0 Å². The Balaban J connectivity index is 1.45. The summed E-state index contributed by atoms with van der Waals surface area (Å²) < 4.78 is 40.1. The van der Waals surface area contributed by atoms with Gasteiger partial charge in [0.25, 0.3) is 0 Å². The molecule has 3 aromatic carbocycles. The van der Waals surface area contributed by atoms with Gasteiger partial charge in [0.15, 0.2) is 23.1 Å². The van der Waals surface area contributed by atoms with Crippen molar-refractivity contribution < 1.29 is 23.0 Å². The third kappa shape index (κ3) is 11.3. The lowest BCUT2D eigenvalue weighted by molar-refractivity contribution is 0.0728. The largest absolute Gasteiger partial charge is 0.491 e. The third-order valence-electron chi connectivity index (χ3n) is 7.41. The summed E-state index contributed by atoms with van der Waals surface area (Å²) in [5.74, 6) is -1.43. The van der Waals surface area contributed by atoms with Crippen molar-refractivity contribution in [2.24, 2.45) is 0 Å². The molecule has 0 aliphatic carbocycles. The van der Waals surface area contributed by atoms with Crippen LogP contribution in [-0.2, 0) is 6.42 Å². The van der Waals surface area contributed by atoms with E-state index in [2.05, 4.69) is 13.8 Å². The fourth-order valence-corrected chi connectivity index (χ4v) is 4.89. The first-order valence-corrected chi connectivity index (χ1v) is 15.5. The maximum absolute atomic E-state index is 14.7. The van der Waals surface area contributed by atoms with E-state index < -0.39 is 17.6 Å².